The Bertz CT molecular complexity index is 406. The average molecular weight is 221 g/mol. The molecule has 1 N–H and O–H groups in total. The number of amides is 1. The van der Waals surface area contributed by atoms with Crippen molar-refractivity contribution in [1.82, 2.24) is 5.32 Å². The van der Waals surface area contributed by atoms with Crippen LogP contribution in [0.1, 0.15) is 16.1 Å². The van der Waals surface area contributed by atoms with Crippen LogP contribution in [0.4, 0.5) is 0 Å². The van der Waals surface area contributed by atoms with Crippen molar-refractivity contribution < 1.29 is 9.21 Å². The van der Waals surface area contributed by atoms with Crippen molar-refractivity contribution in [3.05, 3.63) is 46.5 Å². The van der Waals surface area contributed by atoms with E-state index in [4.69, 9.17) is 4.42 Å². The van der Waals surface area contributed by atoms with Gasteiger partial charge in [-0.1, -0.05) is 0 Å². The van der Waals surface area contributed by atoms with Gasteiger partial charge >= 0.3 is 0 Å². The Morgan fingerprint density at radius 3 is 3.07 bits per heavy atom. The van der Waals surface area contributed by atoms with Crippen molar-refractivity contribution in [1.29, 1.82) is 0 Å². The highest BCUT2D eigenvalue weighted by atomic mass is 32.1. The Kier molecular flexibility index (Phi) is 3.19. The van der Waals surface area contributed by atoms with E-state index in [1.807, 2.05) is 5.38 Å². The van der Waals surface area contributed by atoms with Crippen LogP contribution in [0, 0.1) is 0 Å². The molecule has 15 heavy (non-hydrogen) atoms. The van der Waals surface area contributed by atoms with Crippen LogP contribution in [0.5, 0.6) is 0 Å². The Labute approximate surface area is 91.7 Å². The molecule has 2 heterocycles. The normalized spacial score (nSPS) is 10.1. The van der Waals surface area contributed by atoms with E-state index in [0.717, 1.165) is 6.42 Å². The van der Waals surface area contributed by atoms with E-state index in [1.54, 1.807) is 23.5 Å². The number of furan rings is 1. The number of carbonyl (C=O) groups excluding carboxylic acids is 1. The Morgan fingerprint density at radius 2 is 2.40 bits per heavy atom. The second-order valence-corrected chi connectivity index (χ2v) is 3.89. The first-order chi connectivity index (χ1) is 7.36. The van der Waals surface area contributed by atoms with E-state index >= 15 is 0 Å². The quantitative estimate of drug-likeness (QED) is 0.860. The fourth-order valence-corrected chi connectivity index (χ4v) is 1.95. The lowest BCUT2D eigenvalue weighted by Crippen LogP contribution is -2.25. The van der Waals surface area contributed by atoms with Gasteiger partial charge in [0.25, 0.3) is 5.91 Å². The molecule has 0 atom stereocenters. The van der Waals surface area contributed by atoms with Crippen LogP contribution in [0.25, 0.3) is 0 Å². The molecule has 0 saturated carbocycles. The largest absolute Gasteiger partial charge is 0.459 e. The molecule has 2 aromatic heterocycles. The summed E-state index contributed by atoms with van der Waals surface area (Å²) >= 11 is 1.66. The first-order valence-corrected chi connectivity index (χ1v) is 5.63. The summed E-state index contributed by atoms with van der Waals surface area (Å²) < 4.78 is 4.97. The number of nitrogens with one attached hydrogen (secondary N) is 1. The van der Waals surface area contributed by atoms with Gasteiger partial charge in [-0.3, -0.25) is 4.79 Å². The van der Waals surface area contributed by atoms with Gasteiger partial charge in [0.2, 0.25) is 0 Å². The number of hydrogen-bond acceptors (Lipinski definition) is 3. The Hall–Kier alpha value is -1.55. The highest BCUT2D eigenvalue weighted by molar-refractivity contribution is 7.07. The summed E-state index contributed by atoms with van der Waals surface area (Å²) in [6.07, 6.45) is 2.35. The van der Waals surface area contributed by atoms with E-state index in [0.29, 0.717) is 12.3 Å². The molecule has 0 bridgehead atoms. The highest BCUT2D eigenvalue weighted by Crippen LogP contribution is 2.06. The third-order valence-electron chi connectivity index (χ3n) is 2.02. The molecule has 0 spiro atoms. The molecule has 0 radical (unpaired) electrons. The molecule has 3 nitrogen and oxygen atoms in total. The molecule has 0 saturated heterocycles. The number of hydrogen-bond donors (Lipinski definition) is 1. The van der Waals surface area contributed by atoms with Crippen LogP contribution in [-0.2, 0) is 6.42 Å². The summed E-state index contributed by atoms with van der Waals surface area (Å²) in [7, 11) is 0. The van der Waals surface area contributed by atoms with Crippen molar-refractivity contribution in [2.45, 2.75) is 6.42 Å². The molecule has 0 fully saturated rings. The zero-order valence-corrected chi connectivity index (χ0v) is 8.92. The van der Waals surface area contributed by atoms with Gasteiger partial charge < -0.3 is 9.73 Å². The molecular formula is C11H11NO2S. The maximum Gasteiger partial charge on any atom is 0.286 e. The van der Waals surface area contributed by atoms with Gasteiger partial charge in [-0.05, 0) is 40.9 Å². The summed E-state index contributed by atoms with van der Waals surface area (Å²) in [5, 5.41) is 6.91. The first kappa shape index (κ1) is 9.98. The van der Waals surface area contributed by atoms with Crippen molar-refractivity contribution in [2.75, 3.05) is 6.54 Å². The Morgan fingerprint density at radius 1 is 1.47 bits per heavy atom. The van der Waals surface area contributed by atoms with E-state index in [1.165, 1.54) is 11.8 Å². The predicted molar refractivity (Wildman–Crippen MR) is 59.1 cm³/mol. The average Bonchev–Trinajstić information content (AvgIpc) is 2.90. The van der Waals surface area contributed by atoms with Crippen molar-refractivity contribution in [3.63, 3.8) is 0 Å². The predicted octanol–water partition coefficient (Wildman–Crippen LogP) is 2.31. The van der Waals surface area contributed by atoms with Crippen molar-refractivity contribution in [3.8, 4) is 0 Å². The van der Waals surface area contributed by atoms with Crippen LogP contribution in [0.2, 0.25) is 0 Å². The number of rotatable bonds is 4. The van der Waals surface area contributed by atoms with Crippen LogP contribution >= 0.6 is 11.3 Å². The number of thiophene rings is 1. The van der Waals surface area contributed by atoms with Crippen LogP contribution < -0.4 is 5.32 Å². The molecular weight excluding hydrogens is 210 g/mol. The molecule has 0 aliphatic rings. The molecule has 0 aliphatic heterocycles. The Balaban J connectivity index is 1.77. The van der Waals surface area contributed by atoms with Gasteiger partial charge in [-0.2, -0.15) is 11.3 Å². The maximum atomic E-state index is 11.4. The van der Waals surface area contributed by atoms with E-state index in [9.17, 15) is 4.79 Å². The van der Waals surface area contributed by atoms with E-state index in [2.05, 4.69) is 16.8 Å². The lowest BCUT2D eigenvalue weighted by Gasteiger charge is -2.01. The van der Waals surface area contributed by atoms with Gasteiger partial charge in [0.1, 0.15) is 0 Å². The minimum absolute atomic E-state index is 0.157. The second-order valence-electron chi connectivity index (χ2n) is 3.11. The molecule has 4 heteroatoms. The second kappa shape index (κ2) is 4.79. The molecule has 0 unspecified atom stereocenters. The third-order valence-corrected chi connectivity index (χ3v) is 2.76. The fourth-order valence-electron chi connectivity index (χ4n) is 1.25. The van der Waals surface area contributed by atoms with Crippen molar-refractivity contribution >= 4 is 17.2 Å². The van der Waals surface area contributed by atoms with Gasteiger partial charge in [-0.25, -0.2) is 0 Å². The molecule has 2 aromatic rings. The summed E-state index contributed by atoms with van der Waals surface area (Å²) in [6.45, 7) is 0.635. The minimum atomic E-state index is -0.157. The van der Waals surface area contributed by atoms with Crippen LogP contribution in [-0.4, -0.2) is 12.5 Å². The smallest absolute Gasteiger partial charge is 0.286 e. The third kappa shape index (κ3) is 2.70. The van der Waals surface area contributed by atoms with Crippen LogP contribution in [0.15, 0.2) is 39.6 Å². The van der Waals surface area contributed by atoms with Gasteiger partial charge in [-0.15, -0.1) is 0 Å². The summed E-state index contributed by atoms with van der Waals surface area (Å²) in [5.74, 6) is 0.204. The zero-order chi connectivity index (χ0) is 10.5. The lowest BCUT2D eigenvalue weighted by molar-refractivity contribution is 0.0926. The zero-order valence-electron chi connectivity index (χ0n) is 8.10. The maximum absolute atomic E-state index is 11.4. The standard InChI is InChI=1S/C11H11NO2S/c13-11(10-2-1-6-14-10)12-5-3-9-4-7-15-8-9/h1-2,4,6-8H,3,5H2,(H,12,13). The van der Waals surface area contributed by atoms with Gasteiger partial charge in [0, 0.05) is 6.54 Å². The van der Waals surface area contributed by atoms with E-state index in [-0.39, 0.29) is 5.91 Å². The molecule has 0 aliphatic carbocycles. The van der Waals surface area contributed by atoms with E-state index < -0.39 is 0 Å². The molecule has 78 valence electrons. The molecule has 2 rings (SSSR count). The minimum Gasteiger partial charge on any atom is -0.459 e. The molecule has 1 amide bonds. The first-order valence-electron chi connectivity index (χ1n) is 4.69. The fraction of sp³-hybridized carbons (Fsp3) is 0.182. The van der Waals surface area contributed by atoms with Gasteiger partial charge in [0.15, 0.2) is 5.76 Å². The van der Waals surface area contributed by atoms with Crippen LogP contribution in [0.3, 0.4) is 0 Å². The summed E-state index contributed by atoms with van der Waals surface area (Å²) in [4.78, 5) is 11.4. The van der Waals surface area contributed by atoms with Crippen molar-refractivity contribution in [2.24, 2.45) is 0 Å². The molecule has 0 aromatic carbocycles. The SMILES string of the molecule is O=C(NCCc1ccsc1)c1ccco1. The van der Waals surface area contributed by atoms with Gasteiger partial charge in [0.05, 0.1) is 6.26 Å². The topological polar surface area (TPSA) is 42.2 Å². The number of carbonyl (C=O) groups is 1. The summed E-state index contributed by atoms with van der Waals surface area (Å²) in [5.41, 5.74) is 1.25. The highest BCUT2D eigenvalue weighted by Gasteiger charge is 2.06. The lowest BCUT2D eigenvalue weighted by atomic mass is 10.2. The summed E-state index contributed by atoms with van der Waals surface area (Å²) in [6, 6.07) is 5.41. The monoisotopic (exact) mass is 221 g/mol.